The van der Waals surface area contributed by atoms with Crippen molar-refractivity contribution in [3.63, 3.8) is 0 Å². The van der Waals surface area contributed by atoms with Gasteiger partial charge in [0.15, 0.2) is 0 Å². The molecule has 1 heterocycles. The summed E-state index contributed by atoms with van der Waals surface area (Å²) in [4.78, 5) is 17.3. The fourth-order valence-corrected chi connectivity index (χ4v) is 6.09. The Morgan fingerprint density at radius 1 is 1.02 bits per heavy atom. The van der Waals surface area contributed by atoms with Crippen molar-refractivity contribution in [2.45, 2.75) is 63.7 Å². The maximum Gasteiger partial charge on any atom is 0.416 e. The van der Waals surface area contributed by atoms with Gasteiger partial charge < -0.3 is 10.2 Å². The molecule has 2 fully saturated rings. The molecule has 220 valence electrons. The summed E-state index contributed by atoms with van der Waals surface area (Å²) in [5.41, 5.74) is 0.392. The average Bonchev–Trinajstić information content (AvgIpc) is 2.91. The van der Waals surface area contributed by atoms with E-state index in [9.17, 15) is 30.8 Å². The van der Waals surface area contributed by atoms with Gasteiger partial charge in [-0.1, -0.05) is 31.4 Å². The van der Waals surface area contributed by atoms with Crippen LogP contribution in [-0.2, 0) is 27.5 Å². The molecular weight excluding hydrogens is 548 g/mol. The zero-order chi connectivity index (χ0) is 29.1. The zero-order valence-electron chi connectivity index (χ0n) is 22.7. The summed E-state index contributed by atoms with van der Waals surface area (Å²) in [6.45, 7) is 4.34. The molecule has 0 aromatic heterocycles. The summed E-state index contributed by atoms with van der Waals surface area (Å²) in [5, 5.41) is 2.78. The molecule has 7 nitrogen and oxygen atoms in total. The van der Waals surface area contributed by atoms with Gasteiger partial charge in [-0.2, -0.15) is 13.2 Å². The van der Waals surface area contributed by atoms with E-state index in [4.69, 9.17) is 0 Å². The van der Waals surface area contributed by atoms with Gasteiger partial charge in [-0.25, -0.2) is 12.8 Å². The van der Waals surface area contributed by atoms with Crippen molar-refractivity contribution >= 4 is 27.3 Å². The Morgan fingerprint density at radius 3 is 2.30 bits per heavy atom. The standard InChI is InChI=1S/C28H36F4N4O3S/c1-19(20-9-11-25(24(29)16-20)34-40(2,38)39)27(37)33-18-21-8-10-22(28(30,31)32)17-26(21)36-14-12-35(13-15-36)23-6-4-3-5-7-23/h8-11,16-17,19,23,34H,3-7,12-15,18H2,1-2H3,(H,33,37). The van der Waals surface area contributed by atoms with E-state index < -0.39 is 39.4 Å². The molecule has 2 aromatic carbocycles. The highest BCUT2D eigenvalue weighted by molar-refractivity contribution is 7.92. The molecule has 1 aliphatic heterocycles. The second-order valence-electron chi connectivity index (χ2n) is 10.7. The molecule has 2 N–H and O–H groups in total. The van der Waals surface area contributed by atoms with E-state index in [1.54, 1.807) is 6.92 Å². The second kappa shape index (κ2) is 12.3. The lowest BCUT2D eigenvalue weighted by Crippen LogP contribution is -2.51. The predicted octanol–water partition coefficient (Wildman–Crippen LogP) is 5.09. The third-order valence-electron chi connectivity index (χ3n) is 7.79. The van der Waals surface area contributed by atoms with Crippen molar-refractivity contribution in [3.8, 4) is 0 Å². The summed E-state index contributed by atoms with van der Waals surface area (Å²) in [6.07, 6.45) is 2.44. The minimum atomic E-state index is -4.49. The van der Waals surface area contributed by atoms with Gasteiger partial charge in [0.25, 0.3) is 0 Å². The van der Waals surface area contributed by atoms with Crippen molar-refractivity contribution in [2.24, 2.45) is 0 Å². The third-order valence-corrected chi connectivity index (χ3v) is 8.38. The van der Waals surface area contributed by atoms with Crippen LogP contribution in [0.3, 0.4) is 0 Å². The number of nitrogens with zero attached hydrogens (tertiary/aromatic N) is 2. The van der Waals surface area contributed by atoms with E-state index in [-0.39, 0.29) is 12.2 Å². The Hall–Kier alpha value is -2.86. The summed E-state index contributed by atoms with van der Waals surface area (Å²) < 4.78 is 80.0. The molecule has 4 rings (SSSR count). The first-order valence-electron chi connectivity index (χ1n) is 13.6. The van der Waals surface area contributed by atoms with Crippen molar-refractivity contribution in [2.75, 3.05) is 42.1 Å². The van der Waals surface area contributed by atoms with Crippen LogP contribution in [0.2, 0.25) is 0 Å². The number of alkyl halides is 3. The minimum absolute atomic E-state index is 0.00961. The largest absolute Gasteiger partial charge is 0.416 e. The molecule has 1 atom stereocenters. The summed E-state index contributed by atoms with van der Waals surface area (Å²) in [5.74, 6) is -2.03. The van der Waals surface area contributed by atoms with Gasteiger partial charge in [-0.15, -0.1) is 0 Å². The van der Waals surface area contributed by atoms with Crippen LogP contribution in [0.1, 0.15) is 61.6 Å². The molecule has 1 unspecified atom stereocenters. The summed E-state index contributed by atoms with van der Waals surface area (Å²) >= 11 is 0. The number of benzene rings is 2. The van der Waals surface area contributed by atoms with E-state index in [0.717, 1.165) is 37.5 Å². The van der Waals surface area contributed by atoms with E-state index >= 15 is 0 Å². The van der Waals surface area contributed by atoms with Crippen LogP contribution in [0.15, 0.2) is 36.4 Å². The lowest BCUT2D eigenvalue weighted by molar-refractivity contribution is -0.137. The monoisotopic (exact) mass is 584 g/mol. The molecule has 1 aliphatic carbocycles. The number of rotatable bonds is 8. The summed E-state index contributed by atoms with van der Waals surface area (Å²) in [7, 11) is -3.67. The van der Waals surface area contributed by atoms with E-state index in [1.807, 2.05) is 4.90 Å². The zero-order valence-corrected chi connectivity index (χ0v) is 23.5. The molecule has 2 aliphatic rings. The fourth-order valence-electron chi connectivity index (χ4n) is 5.53. The fraction of sp³-hybridized carbons (Fsp3) is 0.536. The second-order valence-corrected chi connectivity index (χ2v) is 12.5. The number of hydrogen-bond acceptors (Lipinski definition) is 5. The molecule has 0 spiro atoms. The number of amides is 1. The Labute approximate surface area is 233 Å². The maximum absolute atomic E-state index is 14.4. The van der Waals surface area contributed by atoms with Crippen molar-refractivity contribution in [3.05, 3.63) is 58.9 Å². The molecule has 1 saturated carbocycles. The van der Waals surface area contributed by atoms with Crippen molar-refractivity contribution < 1.29 is 30.8 Å². The first-order valence-corrected chi connectivity index (χ1v) is 15.4. The van der Waals surface area contributed by atoms with Gasteiger partial charge in [-0.3, -0.25) is 14.4 Å². The number of piperazine rings is 1. The smallest absolute Gasteiger partial charge is 0.369 e. The number of sulfonamides is 1. The lowest BCUT2D eigenvalue weighted by atomic mass is 9.93. The van der Waals surface area contributed by atoms with Crippen molar-refractivity contribution in [1.82, 2.24) is 10.2 Å². The van der Waals surface area contributed by atoms with Crippen LogP contribution in [-0.4, -0.2) is 57.7 Å². The van der Waals surface area contributed by atoms with Gasteiger partial charge in [-0.05, 0) is 55.2 Å². The van der Waals surface area contributed by atoms with Crippen LogP contribution in [0.5, 0.6) is 0 Å². The van der Waals surface area contributed by atoms with Crippen LogP contribution >= 0.6 is 0 Å². The highest BCUT2D eigenvalue weighted by Gasteiger charge is 2.33. The molecule has 2 aromatic rings. The van der Waals surface area contributed by atoms with E-state index in [1.165, 1.54) is 50.3 Å². The van der Waals surface area contributed by atoms with Gasteiger partial charge in [0.1, 0.15) is 5.82 Å². The number of carbonyl (C=O) groups is 1. The minimum Gasteiger partial charge on any atom is -0.369 e. The van der Waals surface area contributed by atoms with Gasteiger partial charge in [0.05, 0.1) is 23.4 Å². The number of nitrogens with one attached hydrogen (secondary N) is 2. The van der Waals surface area contributed by atoms with Crippen LogP contribution < -0.4 is 14.9 Å². The number of anilines is 2. The number of hydrogen-bond donors (Lipinski definition) is 2. The van der Waals surface area contributed by atoms with Crippen LogP contribution in [0.25, 0.3) is 0 Å². The predicted molar refractivity (Wildman–Crippen MR) is 147 cm³/mol. The molecule has 40 heavy (non-hydrogen) atoms. The van der Waals surface area contributed by atoms with E-state index in [2.05, 4.69) is 14.9 Å². The van der Waals surface area contributed by atoms with E-state index in [0.29, 0.717) is 35.9 Å². The first kappa shape index (κ1) is 30.1. The number of carbonyl (C=O) groups excluding carboxylic acids is 1. The lowest BCUT2D eigenvalue weighted by Gasteiger charge is -2.42. The quantitative estimate of drug-likeness (QED) is 0.423. The van der Waals surface area contributed by atoms with Crippen LogP contribution in [0, 0.1) is 5.82 Å². The molecule has 0 radical (unpaired) electrons. The normalized spacial score (nSPS) is 18.4. The molecule has 12 heteroatoms. The highest BCUT2D eigenvalue weighted by Crippen LogP contribution is 2.34. The Bertz CT molecular complexity index is 1310. The first-order chi connectivity index (χ1) is 18.8. The maximum atomic E-state index is 14.4. The molecule has 0 bridgehead atoms. The molecular formula is C28H36F4N4O3S. The van der Waals surface area contributed by atoms with Crippen LogP contribution in [0.4, 0.5) is 28.9 Å². The Morgan fingerprint density at radius 2 is 1.70 bits per heavy atom. The molecule has 1 amide bonds. The van der Waals surface area contributed by atoms with Gasteiger partial charge >= 0.3 is 6.18 Å². The Kier molecular flexibility index (Phi) is 9.29. The van der Waals surface area contributed by atoms with Gasteiger partial charge in [0.2, 0.25) is 15.9 Å². The third kappa shape index (κ3) is 7.66. The molecule has 1 saturated heterocycles. The topological polar surface area (TPSA) is 81.8 Å². The Balaban J connectivity index is 1.45. The highest BCUT2D eigenvalue weighted by atomic mass is 32.2. The average molecular weight is 585 g/mol. The SMILES string of the molecule is CC(C(=O)NCc1ccc(C(F)(F)F)cc1N1CCN(C2CCCCC2)CC1)c1ccc(NS(C)(=O)=O)c(F)c1. The summed E-state index contributed by atoms with van der Waals surface area (Å²) in [6, 6.07) is 7.92. The van der Waals surface area contributed by atoms with Crippen molar-refractivity contribution in [1.29, 1.82) is 0 Å². The van der Waals surface area contributed by atoms with Gasteiger partial charge in [0, 0.05) is 44.5 Å². The number of halogens is 4.